The highest BCUT2D eigenvalue weighted by Gasteiger charge is 2.41. The minimum Gasteiger partial charge on any atom is -0.381 e. The van der Waals surface area contributed by atoms with Crippen LogP contribution < -0.4 is 4.72 Å². The molecule has 0 amide bonds. The zero-order valence-electron chi connectivity index (χ0n) is 20.5. The summed E-state index contributed by atoms with van der Waals surface area (Å²) >= 11 is 0. The van der Waals surface area contributed by atoms with Crippen molar-refractivity contribution in [2.45, 2.75) is 36.9 Å². The molecule has 5 rings (SSSR count). The zero-order valence-corrected chi connectivity index (χ0v) is 21.3. The number of hydrogen-bond acceptors (Lipinski definition) is 6. The molecule has 3 aromatic carbocycles. The average molecular weight is 539 g/mol. The number of sulfonamides is 1. The summed E-state index contributed by atoms with van der Waals surface area (Å²) in [7, 11) is -3.82. The van der Waals surface area contributed by atoms with Crippen LogP contribution in [0.3, 0.4) is 0 Å². The van der Waals surface area contributed by atoms with Crippen molar-refractivity contribution in [3.05, 3.63) is 102 Å². The van der Waals surface area contributed by atoms with Gasteiger partial charge in [0.15, 0.2) is 0 Å². The lowest BCUT2D eigenvalue weighted by Crippen LogP contribution is -2.41. The number of aryl methyl sites for hydroxylation is 1. The van der Waals surface area contributed by atoms with Crippen LogP contribution in [-0.2, 0) is 22.2 Å². The summed E-state index contributed by atoms with van der Waals surface area (Å²) in [5.41, 5.74) is -0.331. The lowest BCUT2D eigenvalue weighted by Gasteiger charge is -2.35. The molecule has 0 aliphatic rings. The Labute approximate surface area is 217 Å². The van der Waals surface area contributed by atoms with E-state index < -0.39 is 33.3 Å². The van der Waals surface area contributed by atoms with Crippen LogP contribution in [0.5, 0.6) is 0 Å². The van der Waals surface area contributed by atoms with Crippen LogP contribution in [0.25, 0.3) is 10.9 Å². The Morgan fingerprint density at radius 2 is 1.89 bits per heavy atom. The molecular weight excluding hydrogens is 514 g/mol. The lowest BCUT2D eigenvalue weighted by molar-refractivity contribution is -0.0354. The number of nitrogens with one attached hydrogen (secondary N) is 1. The third-order valence-electron chi connectivity index (χ3n) is 6.47. The first-order valence-electron chi connectivity index (χ1n) is 11.6. The van der Waals surface area contributed by atoms with Gasteiger partial charge in [0.1, 0.15) is 29.9 Å². The minimum absolute atomic E-state index is 0.131. The summed E-state index contributed by atoms with van der Waals surface area (Å²) in [6.07, 6.45) is 4.19. The number of anilines is 1. The maximum absolute atomic E-state index is 14.9. The second-order valence-electron chi connectivity index (χ2n) is 9.10. The Morgan fingerprint density at radius 1 is 1.08 bits per heavy atom. The Bertz CT molecular complexity index is 1720. The van der Waals surface area contributed by atoms with Crippen LogP contribution >= 0.6 is 0 Å². The number of aliphatic hydroxyl groups is 1. The Hall–Kier alpha value is -4.16. The summed E-state index contributed by atoms with van der Waals surface area (Å²) in [4.78, 5) is 4.02. The second kappa shape index (κ2) is 9.62. The molecule has 0 bridgehead atoms. The molecule has 0 fully saturated rings. The van der Waals surface area contributed by atoms with Crippen LogP contribution in [0.4, 0.5) is 14.5 Å². The van der Waals surface area contributed by atoms with Gasteiger partial charge in [-0.2, -0.15) is 10.2 Å². The smallest absolute Gasteiger partial charge is 0.261 e. The predicted octanol–water partition coefficient (Wildman–Crippen LogP) is 4.16. The molecule has 0 spiro atoms. The second-order valence-corrected chi connectivity index (χ2v) is 10.8. The number of benzene rings is 3. The van der Waals surface area contributed by atoms with E-state index in [1.165, 1.54) is 40.3 Å². The minimum atomic E-state index is -3.82. The quantitative estimate of drug-likeness (QED) is 0.307. The standard InChI is InChI=1S/C26H24F2N6O3S/c1-17-4-3-5-22(10-17)38(36,37)32-21-7-9-25-19(11-21)13-30-34(25)18(2)26(35,14-33-16-29-15-31-33)23-8-6-20(27)12-24(23)28/h3-13,15-16,18,32,35H,14H2,1-2H3. The molecule has 2 atom stereocenters. The Morgan fingerprint density at radius 3 is 2.61 bits per heavy atom. The molecule has 196 valence electrons. The van der Waals surface area contributed by atoms with Crippen molar-refractivity contribution in [2.75, 3.05) is 4.72 Å². The van der Waals surface area contributed by atoms with E-state index in [2.05, 4.69) is 19.9 Å². The van der Waals surface area contributed by atoms with Crippen molar-refractivity contribution in [1.29, 1.82) is 0 Å². The highest BCUT2D eigenvalue weighted by atomic mass is 32.2. The summed E-state index contributed by atoms with van der Waals surface area (Å²) in [6.45, 7) is 3.27. The first-order chi connectivity index (χ1) is 18.1. The fourth-order valence-electron chi connectivity index (χ4n) is 4.47. The van der Waals surface area contributed by atoms with Gasteiger partial charge in [0.05, 0.1) is 29.2 Å². The lowest BCUT2D eigenvalue weighted by atomic mass is 9.86. The molecule has 2 N–H and O–H groups in total. The highest BCUT2D eigenvalue weighted by molar-refractivity contribution is 7.92. The molecule has 12 heteroatoms. The van der Waals surface area contributed by atoms with Gasteiger partial charge in [-0.3, -0.25) is 9.40 Å². The van der Waals surface area contributed by atoms with Gasteiger partial charge in [0.25, 0.3) is 10.0 Å². The molecular formula is C26H24F2N6O3S. The first-order valence-corrected chi connectivity index (χ1v) is 13.1. The number of rotatable bonds is 8. The molecule has 5 aromatic rings. The third kappa shape index (κ3) is 4.75. The van der Waals surface area contributed by atoms with Crippen molar-refractivity contribution in [1.82, 2.24) is 24.5 Å². The van der Waals surface area contributed by atoms with E-state index >= 15 is 0 Å². The highest BCUT2D eigenvalue weighted by Crippen LogP contribution is 2.38. The van der Waals surface area contributed by atoms with Crippen LogP contribution in [0.1, 0.15) is 24.1 Å². The van der Waals surface area contributed by atoms with Crippen LogP contribution in [0.15, 0.2) is 84.4 Å². The van der Waals surface area contributed by atoms with E-state index in [1.54, 1.807) is 37.3 Å². The number of nitrogens with zero attached hydrogens (tertiary/aromatic N) is 5. The molecule has 2 heterocycles. The molecule has 38 heavy (non-hydrogen) atoms. The predicted molar refractivity (Wildman–Crippen MR) is 137 cm³/mol. The number of hydrogen-bond donors (Lipinski definition) is 2. The largest absolute Gasteiger partial charge is 0.381 e. The number of fused-ring (bicyclic) bond motifs is 1. The van der Waals surface area contributed by atoms with Gasteiger partial charge >= 0.3 is 0 Å². The molecule has 0 radical (unpaired) electrons. The maximum atomic E-state index is 14.9. The van der Waals surface area contributed by atoms with Gasteiger partial charge < -0.3 is 5.11 Å². The SMILES string of the molecule is Cc1cccc(S(=O)(=O)Nc2ccc3c(cnn3C(C)C(O)(Cn3cncn3)c3ccc(F)cc3F)c2)c1. The van der Waals surface area contributed by atoms with Crippen molar-refractivity contribution < 1.29 is 22.3 Å². The molecule has 9 nitrogen and oxygen atoms in total. The molecule has 2 unspecified atom stereocenters. The van der Waals surface area contributed by atoms with E-state index in [0.717, 1.165) is 11.6 Å². The monoisotopic (exact) mass is 538 g/mol. The number of aromatic nitrogens is 5. The summed E-state index contributed by atoms with van der Waals surface area (Å²) in [6, 6.07) is 13.5. The summed E-state index contributed by atoms with van der Waals surface area (Å²) < 4.78 is 59.7. The Kier molecular flexibility index (Phi) is 6.45. The molecule has 0 aliphatic heterocycles. The van der Waals surface area contributed by atoms with E-state index in [4.69, 9.17) is 0 Å². The van der Waals surface area contributed by atoms with Gasteiger partial charge in [-0.05, 0) is 55.8 Å². The van der Waals surface area contributed by atoms with Crippen LogP contribution in [0.2, 0.25) is 0 Å². The van der Waals surface area contributed by atoms with Crippen molar-refractivity contribution in [3.8, 4) is 0 Å². The van der Waals surface area contributed by atoms with Gasteiger partial charge in [-0.25, -0.2) is 26.9 Å². The molecule has 2 aromatic heterocycles. The van der Waals surface area contributed by atoms with Gasteiger partial charge in [-0.15, -0.1) is 0 Å². The van der Waals surface area contributed by atoms with Crippen molar-refractivity contribution in [3.63, 3.8) is 0 Å². The Balaban J connectivity index is 1.51. The number of halogens is 2. The fourth-order valence-corrected chi connectivity index (χ4v) is 5.62. The van der Waals surface area contributed by atoms with E-state index in [9.17, 15) is 22.3 Å². The molecule has 0 aliphatic carbocycles. The molecule has 0 saturated carbocycles. The van der Waals surface area contributed by atoms with Crippen LogP contribution in [-0.4, -0.2) is 38.1 Å². The van der Waals surface area contributed by atoms with Crippen molar-refractivity contribution in [2.24, 2.45) is 0 Å². The van der Waals surface area contributed by atoms with Gasteiger partial charge in [0, 0.05) is 22.7 Å². The van der Waals surface area contributed by atoms with Crippen molar-refractivity contribution >= 4 is 26.6 Å². The maximum Gasteiger partial charge on any atom is 0.261 e. The van der Waals surface area contributed by atoms with E-state index in [0.29, 0.717) is 22.7 Å². The fraction of sp³-hybridized carbons (Fsp3) is 0.192. The topological polar surface area (TPSA) is 115 Å². The van der Waals surface area contributed by atoms with Crippen LogP contribution in [0, 0.1) is 18.6 Å². The third-order valence-corrected chi connectivity index (χ3v) is 7.85. The normalized spacial score (nSPS) is 14.3. The first kappa shape index (κ1) is 25.5. The summed E-state index contributed by atoms with van der Waals surface area (Å²) in [5, 5.41) is 20.9. The molecule has 0 saturated heterocycles. The van der Waals surface area contributed by atoms with E-state index in [-0.39, 0.29) is 17.0 Å². The average Bonchev–Trinajstić information content (AvgIpc) is 3.52. The zero-order chi connectivity index (χ0) is 27.1. The van der Waals surface area contributed by atoms with Gasteiger partial charge in [0.2, 0.25) is 0 Å². The van der Waals surface area contributed by atoms with Gasteiger partial charge in [-0.1, -0.05) is 18.2 Å². The summed E-state index contributed by atoms with van der Waals surface area (Å²) in [5.74, 6) is -1.68. The van der Waals surface area contributed by atoms with E-state index in [1.807, 2.05) is 13.0 Å².